The van der Waals surface area contributed by atoms with Crippen LogP contribution in [0.4, 0.5) is 0 Å². The van der Waals surface area contributed by atoms with Crippen LogP contribution in [0.3, 0.4) is 0 Å². The Morgan fingerprint density at radius 3 is 2.48 bits per heavy atom. The van der Waals surface area contributed by atoms with Crippen molar-refractivity contribution >= 4 is 34.8 Å². The highest BCUT2D eigenvalue weighted by Crippen LogP contribution is 2.29. The monoisotopic (exact) mass is 377 g/mol. The van der Waals surface area contributed by atoms with Gasteiger partial charge in [0.2, 0.25) is 5.91 Å². The highest BCUT2D eigenvalue weighted by Gasteiger charge is 2.24. The first kappa shape index (κ1) is 17.9. The highest BCUT2D eigenvalue weighted by molar-refractivity contribution is 7.17. The minimum Gasteiger partial charge on any atom is -0.348 e. The number of thiazole rings is 1. The zero-order valence-corrected chi connectivity index (χ0v) is 15.8. The second-order valence-electron chi connectivity index (χ2n) is 6.19. The third-order valence-corrected chi connectivity index (χ3v) is 5.83. The summed E-state index contributed by atoms with van der Waals surface area (Å²) < 4.78 is 0. The molecule has 1 saturated heterocycles. The van der Waals surface area contributed by atoms with Crippen LogP contribution in [0.2, 0.25) is 5.02 Å². The lowest BCUT2D eigenvalue weighted by Crippen LogP contribution is -2.45. The molecule has 1 aliphatic rings. The molecule has 1 aromatic heterocycles. The first-order chi connectivity index (χ1) is 11.9. The van der Waals surface area contributed by atoms with Crippen molar-refractivity contribution in [2.24, 2.45) is 0 Å². The maximum atomic E-state index is 12.6. The largest absolute Gasteiger partial charge is 0.348 e. The summed E-state index contributed by atoms with van der Waals surface area (Å²) in [5.74, 6) is 0.00664. The molecular formula is C18H20ClN3O2S. The Morgan fingerprint density at radius 1 is 1.24 bits per heavy atom. The van der Waals surface area contributed by atoms with Gasteiger partial charge in [0.25, 0.3) is 5.91 Å². The van der Waals surface area contributed by atoms with Crippen molar-refractivity contribution in [2.45, 2.75) is 32.7 Å². The summed E-state index contributed by atoms with van der Waals surface area (Å²) in [4.78, 5) is 31.0. The van der Waals surface area contributed by atoms with Crippen LogP contribution in [0.5, 0.6) is 0 Å². The number of carbonyl (C=O) groups is 2. The number of hydrogen-bond acceptors (Lipinski definition) is 4. The van der Waals surface area contributed by atoms with Gasteiger partial charge in [0, 0.05) is 36.6 Å². The van der Waals surface area contributed by atoms with Crippen LogP contribution in [0.15, 0.2) is 24.3 Å². The van der Waals surface area contributed by atoms with Crippen LogP contribution in [-0.2, 0) is 4.79 Å². The summed E-state index contributed by atoms with van der Waals surface area (Å²) in [6.07, 6.45) is 1.57. The number of aryl methyl sites for hydroxylation is 1. The van der Waals surface area contributed by atoms with E-state index in [2.05, 4.69) is 10.3 Å². The molecule has 0 aliphatic carbocycles. The molecule has 0 spiro atoms. The van der Waals surface area contributed by atoms with E-state index in [9.17, 15) is 9.59 Å². The average molecular weight is 378 g/mol. The van der Waals surface area contributed by atoms with Crippen molar-refractivity contribution in [1.82, 2.24) is 15.2 Å². The fraction of sp³-hybridized carbons (Fsp3) is 0.389. The predicted molar refractivity (Wildman–Crippen MR) is 100 cm³/mol. The number of benzene rings is 1. The molecule has 132 valence electrons. The third-order valence-electron chi connectivity index (χ3n) is 4.37. The number of halogens is 1. The van der Waals surface area contributed by atoms with Crippen molar-refractivity contribution in [1.29, 1.82) is 0 Å². The van der Waals surface area contributed by atoms with Crippen LogP contribution in [0.25, 0.3) is 10.6 Å². The Kier molecular flexibility index (Phi) is 5.39. The van der Waals surface area contributed by atoms with Gasteiger partial charge in [0.05, 0.1) is 5.69 Å². The van der Waals surface area contributed by atoms with Gasteiger partial charge in [-0.3, -0.25) is 9.59 Å². The lowest BCUT2D eigenvalue weighted by atomic mass is 10.0. The van der Waals surface area contributed by atoms with Crippen LogP contribution in [-0.4, -0.2) is 40.8 Å². The minimum absolute atomic E-state index is 0.0866. The van der Waals surface area contributed by atoms with Gasteiger partial charge >= 0.3 is 0 Å². The summed E-state index contributed by atoms with van der Waals surface area (Å²) in [6.45, 7) is 4.82. The van der Waals surface area contributed by atoms with Crippen LogP contribution in [0, 0.1) is 6.92 Å². The zero-order chi connectivity index (χ0) is 18.0. The highest BCUT2D eigenvalue weighted by atomic mass is 35.5. The quantitative estimate of drug-likeness (QED) is 0.890. The van der Waals surface area contributed by atoms with E-state index in [1.807, 2.05) is 36.1 Å². The molecule has 3 rings (SSSR count). The summed E-state index contributed by atoms with van der Waals surface area (Å²) in [6, 6.07) is 7.54. The topological polar surface area (TPSA) is 62.3 Å². The Bertz CT molecular complexity index is 780. The molecule has 25 heavy (non-hydrogen) atoms. The van der Waals surface area contributed by atoms with E-state index in [4.69, 9.17) is 11.6 Å². The lowest BCUT2D eigenvalue weighted by Gasteiger charge is -2.31. The van der Waals surface area contributed by atoms with E-state index in [0.29, 0.717) is 23.0 Å². The number of carbonyl (C=O) groups excluding carboxylic acids is 2. The number of aromatic nitrogens is 1. The Morgan fingerprint density at radius 2 is 1.88 bits per heavy atom. The van der Waals surface area contributed by atoms with Crippen molar-refractivity contribution in [3.05, 3.63) is 39.9 Å². The molecule has 0 saturated carbocycles. The summed E-state index contributed by atoms with van der Waals surface area (Å²) in [7, 11) is 0. The lowest BCUT2D eigenvalue weighted by molar-refractivity contribution is -0.129. The molecule has 0 bridgehead atoms. The summed E-state index contributed by atoms with van der Waals surface area (Å²) in [5, 5.41) is 4.57. The van der Waals surface area contributed by atoms with E-state index in [0.717, 1.165) is 29.1 Å². The van der Waals surface area contributed by atoms with Crippen LogP contribution in [0.1, 0.15) is 35.1 Å². The molecule has 5 nitrogen and oxygen atoms in total. The van der Waals surface area contributed by atoms with E-state index in [-0.39, 0.29) is 17.9 Å². The third kappa shape index (κ3) is 4.19. The van der Waals surface area contributed by atoms with Gasteiger partial charge in [0.1, 0.15) is 9.88 Å². The zero-order valence-electron chi connectivity index (χ0n) is 14.2. The second-order valence-corrected chi connectivity index (χ2v) is 7.63. The molecular weight excluding hydrogens is 358 g/mol. The number of hydrogen-bond donors (Lipinski definition) is 1. The molecule has 2 amide bonds. The molecule has 1 fully saturated rings. The predicted octanol–water partition coefficient (Wildman–Crippen LogP) is 3.51. The van der Waals surface area contributed by atoms with Crippen LogP contribution < -0.4 is 5.32 Å². The van der Waals surface area contributed by atoms with Gasteiger partial charge in [0.15, 0.2) is 0 Å². The average Bonchev–Trinajstić information content (AvgIpc) is 2.98. The van der Waals surface area contributed by atoms with Crippen molar-refractivity contribution in [3.63, 3.8) is 0 Å². The standard InChI is InChI=1S/C18H20ClN3O2S/c1-11-16(25-18(20-11)13-3-5-14(19)6-4-13)17(24)21-15-7-9-22(10-8-15)12(2)23/h3-6,15H,7-10H2,1-2H3,(H,21,24). The summed E-state index contributed by atoms with van der Waals surface area (Å²) >= 11 is 7.31. The normalized spacial score (nSPS) is 15.2. The van der Waals surface area contributed by atoms with Crippen molar-refractivity contribution in [3.8, 4) is 10.6 Å². The Labute approximate surface area is 156 Å². The molecule has 2 aromatic rings. The molecule has 7 heteroatoms. The molecule has 1 N–H and O–H groups in total. The smallest absolute Gasteiger partial charge is 0.263 e. The van der Waals surface area contributed by atoms with E-state index in [1.165, 1.54) is 11.3 Å². The number of amides is 2. The summed E-state index contributed by atoms with van der Waals surface area (Å²) in [5.41, 5.74) is 1.68. The fourth-order valence-corrected chi connectivity index (χ4v) is 4.01. The van der Waals surface area contributed by atoms with Gasteiger partial charge in [-0.1, -0.05) is 23.7 Å². The van der Waals surface area contributed by atoms with Gasteiger partial charge in [-0.15, -0.1) is 11.3 Å². The number of piperidine rings is 1. The van der Waals surface area contributed by atoms with E-state index >= 15 is 0 Å². The Hall–Kier alpha value is -1.92. The maximum absolute atomic E-state index is 12.6. The van der Waals surface area contributed by atoms with Crippen LogP contribution >= 0.6 is 22.9 Å². The Balaban J connectivity index is 1.67. The molecule has 0 radical (unpaired) electrons. The second kappa shape index (κ2) is 7.54. The van der Waals surface area contributed by atoms with Gasteiger partial charge in [-0.05, 0) is 31.9 Å². The number of likely N-dealkylation sites (tertiary alicyclic amines) is 1. The van der Waals surface area contributed by atoms with Gasteiger partial charge < -0.3 is 10.2 Å². The fourth-order valence-electron chi connectivity index (χ4n) is 2.91. The first-order valence-electron chi connectivity index (χ1n) is 8.24. The molecule has 0 atom stereocenters. The number of nitrogens with zero attached hydrogens (tertiary/aromatic N) is 2. The van der Waals surface area contributed by atoms with Crippen molar-refractivity contribution < 1.29 is 9.59 Å². The number of rotatable bonds is 3. The van der Waals surface area contributed by atoms with Gasteiger partial charge in [-0.25, -0.2) is 4.98 Å². The minimum atomic E-state index is -0.0866. The van der Waals surface area contributed by atoms with Gasteiger partial charge in [-0.2, -0.15) is 0 Å². The molecule has 1 aromatic carbocycles. The SMILES string of the molecule is CC(=O)N1CCC(NC(=O)c2sc(-c3ccc(Cl)cc3)nc2C)CC1. The molecule has 0 unspecified atom stereocenters. The van der Waals surface area contributed by atoms with Crippen molar-refractivity contribution in [2.75, 3.05) is 13.1 Å². The number of nitrogens with one attached hydrogen (secondary N) is 1. The maximum Gasteiger partial charge on any atom is 0.263 e. The molecule has 2 heterocycles. The first-order valence-corrected chi connectivity index (χ1v) is 9.43. The van der Waals surface area contributed by atoms with E-state index < -0.39 is 0 Å². The van der Waals surface area contributed by atoms with E-state index in [1.54, 1.807) is 6.92 Å². The molecule has 1 aliphatic heterocycles.